The maximum absolute atomic E-state index is 12.6. The minimum atomic E-state index is -0.694. The van der Waals surface area contributed by atoms with E-state index in [0.29, 0.717) is 23.2 Å². The number of likely N-dealkylation sites (N-methyl/N-ethyl adjacent to an activating group) is 1. The average Bonchev–Trinajstić information content (AvgIpc) is 3.16. The van der Waals surface area contributed by atoms with Crippen LogP contribution in [0, 0.1) is 6.92 Å². The van der Waals surface area contributed by atoms with Gasteiger partial charge in [-0.25, -0.2) is 0 Å². The maximum Gasteiger partial charge on any atom is 0.263 e. The van der Waals surface area contributed by atoms with E-state index in [1.54, 1.807) is 33.2 Å². The van der Waals surface area contributed by atoms with Crippen molar-refractivity contribution < 1.29 is 18.8 Å². The Balaban J connectivity index is 1.63. The molecule has 0 aliphatic rings. The predicted octanol–water partition coefficient (Wildman–Crippen LogP) is 3.48. The second-order valence-corrected chi connectivity index (χ2v) is 6.48. The molecule has 146 valence electrons. The highest BCUT2D eigenvalue weighted by Gasteiger charge is 2.22. The number of amides is 1. The van der Waals surface area contributed by atoms with Gasteiger partial charge in [-0.15, -0.1) is 0 Å². The lowest BCUT2D eigenvalue weighted by Gasteiger charge is -2.21. The Kier molecular flexibility index (Phi) is 5.93. The molecule has 0 radical (unpaired) electrons. The monoisotopic (exact) mass is 381 g/mol. The standard InChI is InChI=1S/C21H23N3O4/c1-14-9-11-16(12-10-14)20-22-19(28-23-20)13-24(3)21(25)15(2)27-18-8-6-5-7-17(18)26-4/h5-12,15H,13H2,1-4H3/t15-/m1/s1. The molecule has 0 N–H and O–H groups in total. The number of carbonyl (C=O) groups excluding carboxylic acids is 1. The lowest BCUT2D eigenvalue weighted by molar-refractivity contribution is -0.137. The molecule has 0 fully saturated rings. The summed E-state index contributed by atoms with van der Waals surface area (Å²) in [6, 6.07) is 15.0. The maximum atomic E-state index is 12.6. The van der Waals surface area contributed by atoms with Gasteiger partial charge >= 0.3 is 0 Å². The molecule has 2 aromatic carbocycles. The van der Waals surface area contributed by atoms with E-state index in [2.05, 4.69) is 10.1 Å². The van der Waals surface area contributed by atoms with E-state index in [0.717, 1.165) is 11.1 Å². The number of benzene rings is 2. The zero-order chi connectivity index (χ0) is 20.1. The van der Waals surface area contributed by atoms with Crippen LogP contribution < -0.4 is 9.47 Å². The fourth-order valence-electron chi connectivity index (χ4n) is 2.69. The number of hydrogen-bond acceptors (Lipinski definition) is 6. The van der Waals surface area contributed by atoms with Gasteiger partial charge in [-0.1, -0.05) is 47.1 Å². The van der Waals surface area contributed by atoms with Crippen molar-refractivity contribution in [3.63, 3.8) is 0 Å². The number of rotatable bonds is 7. The van der Waals surface area contributed by atoms with Crippen molar-refractivity contribution in [2.75, 3.05) is 14.2 Å². The van der Waals surface area contributed by atoms with E-state index >= 15 is 0 Å². The highest BCUT2D eigenvalue weighted by Crippen LogP contribution is 2.27. The molecule has 28 heavy (non-hydrogen) atoms. The largest absolute Gasteiger partial charge is 0.493 e. The second kappa shape index (κ2) is 8.56. The lowest BCUT2D eigenvalue weighted by Crippen LogP contribution is -2.37. The van der Waals surface area contributed by atoms with Crippen molar-refractivity contribution in [3.8, 4) is 22.9 Å². The zero-order valence-corrected chi connectivity index (χ0v) is 16.4. The molecule has 0 saturated carbocycles. The third-order valence-corrected chi connectivity index (χ3v) is 4.25. The van der Waals surface area contributed by atoms with Crippen molar-refractivity contribution >= 4 is 5.91 Å². The van der Waals surface area contributed by atoms with Crippen LogP contribution in [-0.4, -0.2) is 41.2 Å². The van der Waals surface area contributed by atoms with Crippen LogP contribution in [0.4, 0.5) is 0 Å². The summed E-state index contributed by atoms with van der Waals surface area (Å²) < 4.78 is 16.3. The Bertz CT molecular complexity index is 937. The molecule has 1 aromatic heterocycles. The quantitative estimate of drug-likeness (QED) is 0.624. The third-order valence-electron chi connectivity index (χ3n) is 4.25. The topological polar surface area (TPSA) is 77.7 Å². The number of nitrogens with zero attached hydrogens (tertiary/aromatic N) is 3. The Morgan fingerprint density at radius 1 is 1.14 bits per heavy atom. The Morgan fingerprint density at radius 3 is 2.50 bits per heavy atom. The summed E-state index contributed by atoms with van der Waals surface area (Å²) in [5.41, 5.74) is 2.02. The molecular weight excluding hydrogens is 358 g/mol. The molecular formula is C21H23N3O4. The SMILES string of the molecule is COc1ccccc1O[C@H](C)C(=O)N(C)Cc1nc(-c2ccc(C)cc2)no1. The van der Waals surface area contributed by atoms with Crippen LogP contribution in [0.25, 0.3) is 11.4 Å². The van der Waals surface area contributed by atoms with E-state index in [9.17, 15) is 4.79 Å². The molecule has 0 spiro atoms. The first-order chi connectivity index (χ1) is 13.5. The summed E-state index contributed by atoms with van der Waals surface area (Å²) in [7, 11) is 3.22. The molecule has 1 amide bonds. The normalized spacial score (nSPS) is 11.7. The van der Waals surface area contributed by atoms with Crippen molar-refractivity contribution in [2.24, 2.45) is 0 Å². The number of aryl methyl sites for hydroxylation is 1. The molecule has 0 unspecified atom stereocenters. The fourth-order valence-corrected chi connectivity index (χ4v) is 2.69. The smallest absolute Gasteiger partial charge is 0.263 e. The molecule has 0 bridgehead atoms. The van der Waals surface area contributed by atoms with Crippen LogP contribution in [0.1, 0.15) is 18.4 Å². The van der Waals surface area contributed by atoms with Crippen molar-refractivity contribution in [2.45, 2.75) is 26.5 Å². The van der Waals surface area contributed by atoms with E-state index in [1.165, 1.54) is 4.90 Å². The van der Waals surface area contributed by atoms with E-state index in [4.69, 9.17) is 14.0 Å². The summed E-state index contributed by atoms with van der Waals surface area (Å²) in [5.74, 6) is 1.73. The van der Waals surface area contributed by atoms with Gasteiger partial charge in [0, 0.05) is 12.6 Å². The predicted molar refractivity (Wildman–Crippen MR) is 104 cm³/mol. The van der Waals surface area contributed by atoms with Gasteiger partial charge in [-0.2, -0.15) is 4.98 Å². The minimum Gasteiger partial charge on any atom is -0.493 e. The molecule has 1 heterocycles. The molecule has 0 aliphatic carbocycles. The molecule has 1 atom stereocenters. The van der Waals surface area contributed by atoms with Crippen LogP contribution in [0.5, 0.6) is 11.5 Å². The van der Waals surface area contributed by atoms with Gasteiger partial charge in [0.1, 0.15) is 0 Å². The Hall–Kier alpha value is -3.35. The lowest BCUT2D eigenvalue weighted by atomic mass is 10.1. The first-order valence-corrected chi connectivity index (χ1v) is 8.92. The Labute approximate surface area is 163 Å². The van der Waals surface area contributed by atoms with Crippen molar-refractivity contribution in [3.05, 3.63) is 60.0 Å². The van der Waals surface area contributed by atoms with Crippen molar-refractivity contribution in [1.29, 1.82) is 0 Å². The summed E-state index contributed by atoms with van der Waals surface area (Å²) in [4.78, 5) is 18.5. The molecule has 7 nitrogen and oxygen atoms in total. The molecule has 0 saturated heterocycles. The van der Waals surface area contributed by atoms with Crippen LogP contribution >= 0.6 is 0 Å². The number of methoxy groups -OCH3 is 1. The zero-order valence-electron chi connectivity index (χ0n) is 16.4. The highest BCUT2D eigenvalue weighted by atomic mass is 16.5. The minimum absolute atomic E-state index is 0.192. The fraction of sp³-hybridized carbons (Fsp3) is 0.286. The number of ether oxygens (including phenoxy) is 2. The summed E-state index contributed by atoms with van der Waals surface area (Å²) in [6.45, 7) is 3.90. The number of carbonyl (C=O) groups is 1. The van der Waals surface area contributed by atoms with E-state index < -0.39 is 6.10 Å². The van der Waals surface area contributed by atoms with Gasteiger partial charge in [-0.3, -0.25) is 4.79 Å². The van der Waals surface area contributed by atoms with Gasteiger partial charge in [0.05, 0.1) is 13.7 Å². The average molecular weight is 381 g/mol. The Morgan fingerprint density at radius 2 is 1.82 bits per heavy atom. The van der Waals surface area contributed by atoms with Gasteiger partial charge < -0.3 is 18.9 Å². The summed E-state index contributed by atoms with van der Waals surface area (Å²) >= 11 is 0. The van der Waals surface area contributed by atoms with Gasteiger partial charge in [0.2, 0.25) is 11.7 Å². The van der Waals surface area contributed by atoms with Crippen molar-refractivity contribution in [1.82, 2.24) is 15.0 Å². The number of para-hydroxylation sites is 2. The highest BCUT2D eigenvalue weighted by molar-refractivity contribution is 5.80. The molecule has 7 heteroatoms. The molecule has 0 aliphatic heterocycles. The number of aromatic nitrogens is 2. The first kappa shape index (κ1) is 19.4. The van der Waals surface area contributed by atoms with Crippen LogP contribution in [0.15, 0.2) is 53.1 Å². The van der Waals surface area contributed by atoms with Gasteiger partial charge in [0.15, 0.2) is 17.6 Å². The van der Waals surface area contributed by atoms with Crippen LogP contribution in [-0.2, 0) is 11.3 Å². The second-order valence-electron chi connectivity index (χ2n) is 6.48. The van der Waals surface area contributed by atoms with E-state index in [1.807, 2.05) is 43.3 Å². The van der Waals surface area contributed by atoms with Crippen LogP contribution in [0.3, 0.4) is 0 Å². The molecule has 3 aromatic rings. The van der Waals surface area contributed by atoms with Gasteiger partial charge in [-0.05, 0) is 26.0 Å². The first-order valence-electron chi connectivity index (χ1n) is 8.92. The van der Waals surface area contributed by atoms with E-state index in [-0.39, 0.29) is 12.5 Å². The molecule has 3 rings (SSSR count). The summed E-state index contributed by atoms with van der Waals surface area (Å²) in [6.07, 6.45) is -0.694. The number of hydrogen-bond donors (Lipinski definition) is 0. The third kappa shape index (κ3) is 4.49. The summed E-state index contributed by atoms with van der Waals surface area (Å²) in [5, 5.41) is 3.99. The van der Waals surface area contributed by atoms with Gasteiger partial charge in [0.25, 0.3) is 5.91 Å². The van der Waals surface area contributed by atoms with Crippen LogP contribution in [0.2, 0.25) is 0 Å².